The number of aliphatic imine (C=N–C) groups is 1. The monoisotopic (exact) mass is 354 g/mol. The maximum absolute atomic E-state index is 4.95. The fraction of sp³-hybridized carbons (Fsp3) is 0.217. The highest BCUT2D eigenvalue weighted by Crippen LogP contribution is 2.22. The van der Waals surface area contributed by atoms with Crippen LogP contribution >= 0.6 is 0 Å². The third kappa shape index (κ3) is 4.17. The first-order chi connectivity index (χ1) is 13.2. The molecule has 27 heavy (non-hydrogen) atoms. The van der Waals surface area contributed by atoms with Crippen LogP contribution in [0.3, 0.4) is 0 Å². The molecular weight excluding hydrogens is 332 g/mol. The Balaban J connectivity index is 1.55. The molecule has 0 N–H and O–H groups in total. The zero-order chi connectivity index (χ0) is 18.6. The number of hydrogen-bond acceptors (Lipinski definition) is 4. The van der Waals surface area contributed by atoms with Crippen LogP contribution in [0.25, 0.3) is 16.7 Å². The third-order valence-electron chi connectivity index (χ3n) is 4.68. The van der Waals surface area contributed by atoms with Crippen molar-refractivity contribution < 1.29 is 0 Å². The molecular formula is C23H22N4. The topological polar surface area (TPSA) is 51.0 Å². The number of aromatic nitrogens is 3. The lowest BCUT2D eigenvalue weighted by Crippen LogP contribution is -2.03. The summed E-state index contributed by atoms with van der Waals surface area (Å²) >= 11 is 0. The number of fused-ring (bicyclic) bond motifs is 1. The zero-order valence-electron chi connectivity index (χ0n) is 15.7. The van der Waals surface area contributed by atoms with E-state index in [0.29, 0.717) is 0 Å². The van der Waals surface area contributed by atoms with Crippen molar-refractivity contribution in [3.05, 3.63) is 83.5 Å². The van der Waals surface area contributed by atoms with Crippen molar-refractivity contribution in [2.75, 3.05) is 0 Å². The second-order valence-corrected chi connectivity index (χ2v) is 6.95. The molecule has 0 amide bonds. The van der Waals surface area contributed by atoms with Gasteiger partial charge in [0.1, 0.15) is 0 Å². The summed E-state index contributed by atoms with van der Waals surface area (Å²) in [4.78, 5) is 18.4. The predicted molar refractivity (Wildman–Crippen MR) is 111 cm³/mol. The lowest BCUT2D eigenvalue weighted by molar-refractivity contribution is 0.964. The van der Waals surface area contributed by atoms with Gasteiger partial charge in [-0.3, -0.25) is 19.9 Å². The maximum Gasteiger partial charge on any atom is 0.0889 e. The van der Waals surface area contributed by atoms with Crippen LogP contribution in [0.4, 0.5) is 0 Å². The van der Waals surface area contributed by atoms with E-state index in [1.165, 1.54) is 11.3 Å². The third-order valence-corrected chi connectivity index (χ3v) is 4.68. The van der Waals surface area contributed by atoms with E-state index in [1.807, 2.05) is 37.4 Å². The summed E-state index contributed by atoms with van der Waals surface area (Å²) in [6.45, 7) is 4.15. The highest BCUT2D eigenvalue weighted by molar-refractivity contribution is 5.92. The molecule has 4 heteroatoms. The molecule has 0 saturated carbocycles. The molecule has 134 valence electrons. The van der Waals surface area contributed by atoms with E-state index < -0.39 is 0 Å². The first kappa shape index (κ1) is 17.3. The molecule has 3 aromatic rings. The molecule has 0 unspecified atom stereocenters. The van der Waals surface area contributed by atoms with Crippen molar-refractivity contribution >= 4 is 22.4 Å². The number of aryl methyl sites for hydroxylation is 2. The second kappa shape index (κ2) is 7.62. The minimum atomic E-state index is 0.871. The zero-order valence-corrected chi connectivity index (χ0v) is 15.7. The van der Waals surface area contributed by atoms with E-state index in [1.54, 1.807) is 6.20 Å². The number of allylic oxidation sites excluding steroid dienone is 3. The van der Waals surface area contributed by atoms with Gasteiger partial charge >= 0.3 is 0 Å². The van der Waals surface area contributed by atoms with Gasteiger partial charge in [-0.05, 0) is 69.2 Å². The Kier molecular flexibility index (Phi) is 4.88. The van der Waals surface area contributed by atoms with Gasteiger partial charge in [0, 0.05) is 41.5 Å². The Bertz CT molecular complexity index is 1060. The molecule has 1 aliphatic rings. The van der Waals surface area contributed by atoms with Gasteiger partial charge in [-0.15, -0.1) is 0 Å². The van der Waals surface area contributed by atoms with E-state index in [2.05, 4.69) is 41.2 Å². The summed E-state index contributed by atoms with van der Waals surface area (Å²) in [6.07, 6.45) is 10.6. The van der Waals surface area contributed by atoms with E-state index in [-0.39, 0.29) is 0 Å². The van der Waals surface area contributed by atoms with Gasteiger partial charge < -0.3 is 0 Å². The van der Waals surface area contributed by atoms with E-state index in [9.17, 15) is 0 Å². The van der Waals surface area contributed by atoms with Crippen LogP contribution in [0.5, 0.6) is 0 Å². The molecule has 0 fully saturated rings. The van der Waals surface area contributed by atoms with Crippen LogP contribution in [0, 0.1) is 6.92 Å². The SMILES string of the molecule is CC1=CC=C(c2ccc(C)nc2)N=C(CCc2ccc3ncccc3n2)C1. The molecule has 0 bridgehead atoms. The number of rotatable bonds is 4. The molecule has 1 aliphatic heterocycles. The summed E-state index contributed by atoms with van der Waals surface area (Å²) < 4.78 is 0. The molecule has 0 radical (unpaired) electrons. The second-order valence-electron chi connectivity index (χ2n) is 6.95. The van der Waals surface area contributed by atoms with Gasteiger partial charge in [0.15, 0.2) is 0 Å². The van der Waals surface area contributed by atoms with Crippen molar-refractivity contribution in [3.8, 4) is 0 Å². The largest absolute Gasteiger partial charge is 0.261 e. The van der Waals surface area contributed by atoms with Gasteiger partial charge in [0.05, 0.1) is 16.7 Å². The van der Waals surface area contributed by atoms with Crippen molar-refractivity contribution in [2.45, 2.75) is 33.1 Å². The van der Waals surface area contributed by atoms with E-state index >= 15 is 0 Å². The number of pyridine rings is 3. The van der Waals surface area contributed by atoms with Crippen LogP contribution < -0.4 is 0 Å². The molecule has 0 aliphatic carbocycles. The quantitative estimate of drug-likeness (QED) is 0.655. The summed E-state index contributed by atoms with van der Waals surface area (Å²) in [5, 5.41) is 0. The van der Waals surface area contributed by atoms with Crippen molar-refractivity contribution in [1.29, 1.82) is 0 Å². The lowest BCUT2D eigenvalue weighted by atomic mass is 10.0. The fourth-order valence-electron chi connectivity index (χ4n) is 3.18. The smallest absolute Gasteiger partial charge is 0.0889 e. The first-order valence-corrected chi connectivity index (χ1v) is 9.25. The van der Waals surface area contributed by atoms with E-state index in [4.69, 9.17) is 9.98 Å². The summed E-state index contributed by atoms with van der Waals surface area (Å²) in [7, 11) is 0. The van der Waals surface area contributed by atoms with Crippen molar-refractivity contribution in [3.63, 3.8) is 0 Å². The van der Waals surface area contributed by atoms with Crippen LogP contribution in [-0.2, 0) is 6.42 Å². The van der Waals surface area contributed by atoms with Gasteiger partial charge in [0.25, 0.3) is 0 Å². The summed E-state index contributed by atoms with van der Waals surface area (Å²) in [5.41, 5.74) is 8.50. The minimum Gasteiger partial charge on any atom is -0.261 e. The average Bonchev–Trinajstić information content (AvgIpc) is 2.88. The van der Waals surface area contributed by atoms with Gasteiger partial charge in [-0.1, -0.05) is 11.6 Å². The van der Waals surface area contributed by atoms with Gasteiger partial charge in [-0.25, -0.2) is 0 Å². The van der Waals surface area contributed by atoms with Crippen LogP contribution in [0.1, 0.15) is 36.7 Å². The normalized spacial score (nSPS) is 14.4. The van der Waals surface area contributed by atoms with Crippen molar-refractivity contribution in [2.24, 2.45) is 4.99 Å². The highest BCUT2D eigenvalue weighted by atomic mass is 14.8. The molecule has 0 aromatic carbocycles. The Morgan fingerprint density at radius 3 is 2.67 bits per heavy atom. The van der Waals surface area contributed by atoms with Gasteiger partial charge in [0.2, 0.25) is 0 Å². The average molecular weight is 354 g/mol. The Morgan fingerprint density at radius 2 is 1.81 bits per heavy atom. The van der Waals surface area contributed by atoms with Crippen LogP contribution in [0.2, 0.25) is 0 Å². The molecule has 0 spiro atoms. The Hall–Kier alpha value is -3.14. The van der Waals surface area contributed by atoms with Gasteiger partial charge in [-0.2, -0.15) is 0 Å². The molecule has 0 saturated heterocycles. The predicted octanol–water partition coefficient (Wildman–Crippen LogP) is 5.10. The number of nitrogens with zero attached hydrogens (tertiary/aromatic N) is 4. The summed E-state index contributed by atoms with van der Waals surface area (Å²) in [5.74, 6) is 0. The summed E-state index contributed by atoms with van der Waals surface area (Å²) in [6, 6.07) is 12.2. The van der Waals surface area contributed by atoms with Crippen LogP contribution in [0.15, 0.2) is 71.5 Å². The fourth-order valence-corrected chi connectivity index (χ4v) is 3.18. The van der Waals surface area contributed by atoms with E-state index in [0.717, 1.165) is 52.9 Å². The highest BCUT2D eigenvalue weighted by Gasteiger charge is 2.10. The Labute approximate surface area is 159 Å². The molecule has 4 nitrogen and oxygen atoms in total. The first-order valence-electron chi connectivity index (χ1n) is 9.25. The minimum absolute atomic E-state index is 0.871. The van der Waals surface area contributed by atoms with Crippen molar-refractivity contribution in [1.82, 2.24) is 15.0 Å². The standard InChI is InChI=1S/C23H22N4/c1-16-5-11-21(18-7-6-17(2)25-15-18)27-20(14-16)9-8-19-10-12-22-23(26-19)4-3-13-24-22/h3-7,10-13,15H,8-9,14H2,1-2H3. The van der Waals surface area contributed by atoms with Crippen LogP contribution in [-0.4, -0.2) is 20.7 Å². The maximum atomic E-state index is 4.95. The lowest BCUT2D eigenvalue weighted by Gasteiger charge is -2.08. The molecule has 3 aromatic heterocycles. The Morgan fingerprint density at radius 1 is 0.889 bits per heavy atom. The molecule has 4 heterocycles. The number of hydrogen-bond donors (Lipinski definition) is 0. The molecule has 4 rings (SSSR count). The molecule has 0 atom stereocenters.